The molecule has 0 saturated carbocycles. The van der Waals surface area contributed by atoms with Crippen LogP contribution in [0.3, 0.4) is 0 Å². The maximum Gasteiger partial charge on any atom is 0.210 e. The van der Waals surface area contributed by atoms with E-state index < -0.39 is 0 Å². The standard InChI is InChI=1S/C22H23N7S3/c1-3-14-6-5-7-15(4-2)18(14)24-20-26-28-22(32-20)31-13-17-12-30-21-27-25-19(29(17)21)16-8-10-23-11-9-16/h5-11,17H,3-4,12-13H2,1-2H3,(H,24,26)/t17-/m0/s1. The van der Waals surface area contributed by atoms with E-state index in [1.54, 1.807) is 47.3 Å². The van der Waals surface area contributed by atoms with E-state index in [0.29, 0.717) is 6.04 Å². The molecule has 0 amide bonds. The second-order valence-electron chi connectivity index (χ2n) is 7.34. The molecule has 3 aromatic heterocycles. The Balaban J connectivity index is 1.29. The Morgan fingerprint density at radius 2 is 1.81 bits per heavy atom. The van der Waals surface area contributed by atoms with Gasteiger partial charge in [-0.05, 0) is 36.1 Å². The normalized spacial score (nSPS) is 15.1. The van der Waals surface area contributed by atoms with E-state index in [-0.39, 0.29) is 0 Å². The van der Waals surface area contributed by atoms with Crippen molar-refractivity contribution in [1.82, 2.24) is 29.9 Å². The average molecular weight is 482 g/mol. The molecule has 1 aromatic carbocycles. The maximum absolute atomic E-state index is 4.42. The van der Waals surface area contributed by atoms with Gasteiger partial charge in [-0.25, -0.2) is 0 Å². The minimum atomic E-state index is 0.311. The highest BCUT2D eigenvalue weighted by molar-refractivity contribution is 8.01. The molecular weight excluding hydrogens is 458 g/mol. The van der Waals surface area contributed by atoms with Crippen LogP contribution in [0.1, 0.15) is 31.0 Å². The largest absolute Gasteiger partial charge is 0.330 e. The number of rotatable bonds is 8. The Morgan fingerprint density at radius 3 is 2.56 bits per heavy atom. The van der Waals surface area contributed by atoms with Crippen molar-refractivity contribution in [2.45, 2.75) is 42.2 Å². The van der Waals surface area contributed by atoms with Crippen LogP contribution in [-0.4, -0.2) is 41.5 Å². The molecule has 10 heteroatoms. The maximum atomic E-state index is 4.42. The van der Waals surface area contributed by atoms with Crippen molar-refractivity contribution in [3.8, 4) is 11.4 Å². The highest BCUT2D eigenvalue weighted by Gasteiger charge is 2.29. The molecule has 1 aliphatic rings. The molecule has 1 atom stereocenters. The van der Waals surface area contributed by atoms with Gasteiger partial charge in [0.25, 0.3) is 0 Å². The first kappa shape index (κ1) is 21.4. The van der Waals surface area contributed by atoms with Gasteiger partial charge in [0.15, 0.2) is 15.3 Å². The van der Waals surface area contributed by atoms with E-state index in [2.05, 4.69) is 67.3 Å². The number of thioether (sulfide) groups is 2. The summed E-state index contributed by atoms with van der Waals surface area (Å²) >= 11 is 5.11. The minimum Gasteiger partial charge on any atom is -0.330 e. The van der Waals surface area contributed by atoms with Gasteiger partial charge in [-0.1, -0.05) is 66.9 Å². The first-order chi connectivity index (χ1) is 15.8. The Kier molecular flexibility index (Phi) is 6.42. The lowest BCUT2D eigenvalue weighted by atomic mass is 10.0. The molecule has 1 aliphatic heterocycles. The van der Waals surface area contributed by atoms with E-state index in [1.807, 2.05) is 12.1 Å². The van der Waals surface area contributed by atoms with Crippen molar-refractivity contribution >= 4 is 45.7 Å². The van der Waals surface area contributed by atoms with Crippen LogP contribution < -0.4 is 5.32 Å². The quantitative estimate of drug-likeness (QED) is 0.331. The highest BCUT2D eigenvalue weighted by atomic mass is 32.2. The molecule has 32 heavy (non-hydrogen) atoms. The van der Waals surface area contributed by atoms with Crippen LogP contribution in [0.15, 0.2) is 52.2 Å². The van der Waals surface area contributed by atoms with Gasteiger partial charge in [0.1, 0.15) is 0 Å². The van der Waals surface area contributed by atoms with Gasteiger partial charge in [0.05, 0.1) is 6.04 Å². The molecule has 4 aromatic rings. The van der Waals surface area contributed by atoms with Gasteiger partial charge >= 0.3 is 0 Å². The molecule has 0 unspecified atom stereocenters. The lowest BCUT2D eigenvalue weighted by Gasteiger charge is -2.13. The molecule has 5 rings (SSSR count). The Hall–Kier alpha value is -2.43. The number of pyridine rings is 1. The fourth-order valence-electron chi connectivity index (χ4n) is 3.77. The van der Waals surface area contributed by atoms with E-state index in [9.17, 15) is 0 Å². The van der Waals surface area contributed by atoms with Crippen LogP contribution in [0.4, 0.5) is 10.8 Å². The van der Waals surface area contributed by atoms with E-state index in [4.69, 9.17) is 0 Å². The first-order valence-electron chi connectivity index (χ1n) is 10.6. The van der Waals surface area contributed by atoms with E-state index in [1.165, 1.54) is 16.8 Å². The predicted molar refractivity (Wildman–Crippen MR) is 132 cm³/mol. The third kappa shape index (κ3) is 4.26. The van der Waals surface area contributed by atoms with Crippen molar-refractivity contribution in [3.05, 3.63) is 53.9 Å². The second-order valence-corrected chi connectivity index (χ2v) is 10.6. The van der Waals surface area contributed by atoms with Gasteiger partial charge in [-0.2, -0.15) is 0 Å². The number of nitrogens with zero attached hydrogens (tertiary/aromatic N) is 6. The predicted octanol–water partition coefficient (Wildman–Crippen LogP) is 5.50. The molecular formula is C22H23N7S3. The summed E-state index contributed by atoms with van der Waals surface area (Å²) in [6.45, 7) is 4.36. The zero-order chi connectivity index (χ0) is 21.9. The summed E-state index contributed by atoms with van der Waals surface area (Å²) in [6.07, 6.45) is 5.55. The third-order valence-corrected chi connectivity index (χ3v) is 8.61. The molecule has 4 heterocycles. The number of hydrogen-bond acceptors (Lipinski definition) is 9. The summed E-state index contributed by atoms with van der Waals surface area (Å²) < 4.78 is 3.22. The smallest absolute Gasteiger partial charge is 0.210 e. The minimum absolute atomic E-state index is 0.311. The summed E-state index contributed by atoms with van der Waals surface area (Å²) in [7, 11) is 0. The number of aryl methyl sites for hydroxylation is 2. The van der Waals surface area contributed by atoms with E-state index in [0.717, 1.165) is 50.4 Å². The molecule has 164 valence electrons. The van der Waals surface area contributed by atoms with Crippen molar-refractivity contribution in [3.63, 3.8) is 0 Å². The van der Waals surface area contributed by atoms with Gasteiger partial charge in [-0.3, -0.25) is 9.55 Å². The summed E-state index contributed by atoms with van der Waals surface area (Å²) in [5.74, 6) is 2.79. The second kappa shape index (κ2) is 9.60. The average Bonchev–Trinajstić information content (AvgIpc) is 3.55. The SMILES string of the molecule is CCc1cccc(CC)c1Nc1nnc(SC[C@@H]2CSc3nnc(-c4ccncc4)n32)s1. The third-order valence-electron chi connectivity index (χ3n) is 5.41. The van der Waals surface area contributed by atoms with Crippen LogP contribution in [0, 0.1) is 0 Å². The van der Waals surface area contributed by atoms with Crippen LogP contribution >= 0.6 is 34.9 Å². The van der Waals surface area contributed by atoms with Crippen molar-refractivity contribution in [2.75, 3.05) is 16.8 Å². The summed E-state index contributed by atoms with van der Waals surface area (Å²) in [4.78, 5) is 4.11. The zero-order valence-corrected chi connectivity index (χ0v) is 20.3. The zero-order valence-electron chi connectivity index (χ0n) is 17.9. The van der Waals surface area contributed by atoms with Crippen molar-refractivity contribution < 1.29 is 0 Å². The number of aromatic nitrogens is 6. The number of para-hydroxylation sites is 1. The fraction of sp³-hybridized carbons (Fsp3) is 0.318. The highest BCUT2D eigenvalue weighted by Crippen LogP contribution is 2.40. The monoisotopic (exact) mass is 481 g/mol. The number of anilines is 2. The van der Waals surface area contributed by atoms with Crippen LogP contribution in [-0.2, 0) is 12.8 Å². The lowest BCUT2D eigenvalue weighted by Crippen LogP contribution is -2.11. The summed E-state index contributed by atoms with van der Waals surface area (Å²) in [5.41, 5.74) is 4.83. The van der Waals surface area contributed by atoms with Gasteiger partial charge in [0, 0.05) is 35.2 Å². The Bertz CT molecular complexity index is 1180. The number of benzene rings is 1. The van der Waals surface area contributed by atoms with Crippen LogP contribution in [0.25, 0.3) is 11.4 Å². The van der Waals surface area contributed by atoms with Crippen LogP contribution in [0.2, 0.25) is 0 Å². The molecule has 7 nitrogen and oxygen atoms in total. The Labute approximate surface area is 199 Å². The van der Waals surface area contributed by atoms with Crippen molar-refractivity contribution in [1.29, 1.82) is 0 Å². The molecule has 0 radical (unpaired) electrons. The molecule has 0 fully saturated rings. The molecule has 0 saturated heterocycles. The Morgan fingerprint density at radius 1 is 1.03 bits per heavy atom. The molecule has 0 bridgehead atoms. The summed E-state index contributed by atoms with van der Waals surface area (Å²) in [5, 5.41) is 23.0. The molecule has 0 aliphatic carbocycles. The summed E-state index contributed by atoms with van der Waals surface area (Å²) in [6, 6.07) is 10.7. The number of hydrogen-bond donors (Lipinski definition) is 1. The molecule has 0 spiro atoms. The first-order valence-corrected chi connectivity index (χ1v) is 13.4. The fourth-order valence-corrected chi connectivity index (χ4v) is 6.86. The lowest BCUT2D eigenvalue weighted by molar-refractivity contribution is 0.597. The molecule has 1 N–H and O–H groups in total. The van der Waals surface area contributed by atoms with Crippen LogP contribution in [0.5, 0.6) is 0 Å². The van der Waals surface area contributed by atoms with Gasteiger partial charge in [-0.15, -0.1) is 20.4 Å². The number of nitrogens with one attached hydrogen (secondary N) is 1. The van der Waals surface area contributed by atoms with Gasteiger partial charge < -0.3 is 5.32 Å². The van der Waals surface area contributed by atoms with Gasteiger partial charge in [0.2, 0.25) is 5.13 Å². The van der Waals surface area contributed by atoms with E-state index >= 15 is 0 Å². The topological polar surface area (TPSA) is 81.4 Å². The number of fused-ring (bicyclic) bond motifs is 1. The van der Waals surface area contributed by atoms with Crippen molar-refractivity contribution in [2.24, 2.45) is 0 Å².